The van der Waals surface area contributed by atoms with Gasteiger partial charge in [0.05, 0.1) is 0 Å². The van der Waals surface area contributed by atoms with Gasteiger partial charge in [-0.1, -0.05) is 12.6 Å². The number of nitrogens with two attached hydrogens (primary N) is 1. The summed E-state index contributed by atoms with van der Waals surface area (Å²) in [7, 11) is 0. The molecule has 0 aliphatic carbocycles. The average Bonchev–Trinajstić information content (AvgIpc) is 2.80. The second kappa shape index (κ2) is 7.43. The molecule has 5 heteroatoms. The van der Waals surface area contributed by atoms with Gasteiger partial charge in [0.1, 0.15) is 0 Å². The van der Waals surface area contributed by atoms with Crippen molar-refractivity contribution in [3.8, 4) is 11.5 Å². The number of nitrogens with zero attached hydrogens (tertiary/aromatic N) is 1. The first kappa shape index (κ1) is 15.0. The highest BCUT2D eigenvalue weighted by molar-refractivity contribution is 5.78. The molecule has 1 heterocycles. The normalized spacial score (nSPS) is 13.9. The van der Waals surface area contributed by atoms with E-state index in [0.29, 0.717) is 19.4 Å². The van der Waals surface area contributed by atoms with E-state index in [1.165, 1.54) is 12.1 Å². The zero-order valence-corrected chi connectivity index (χ0v) is 10.9. The molecule has 4 N–H and O–H groups in total. The van der Waals surface area contributed by atoms with Gasteiger partial charge >= 0.3 is 0 Å². The second-order valence-corrected chi connectivity index (χ2v) is 4.24. The van der Waals surface area contributed by atoms with E-state index in [4.69, 9.17) is 15.9 Å². The maximum absolute atomic E-state index is 10.7. The van der Waals surface area contributed by atoms with Gasteiger partial charge in [-0.05, 0) is 43.3 Å². The van der Waals surface area contributed by atoms with Crippen molar-refractivity contribution in [2.24, 2.45) is 5.73 Å². The highest BCUT2D eigenvalue weighted by Gasteiger charge is 2.15. The van der Waals surface area contributed by atoms with Crippen molar-refractivity contribution >= 4 is 5.91 Å². The number of hydrogen-bond acceptors (Lipinski definition) is 4. The molecule has 1 aliphatic heterocycles. The molecule has 1 aromatic rings. The molecule has 0 spiro atoms. The van der Waals surface area contributed by atoms with Gasteiger partial charge in [-0.25, -0.2) is 0 Å². The van der Waals surface area contributed by atoms with E-state index in [1.807, 2.05) is 0 Å². The molecule has 1 fully saturated rings. The van der Waals surface area contributed by atoms with Crippen LogP contribution in [0, 0.1) is 0 Å². The van der Waals surface area contributed by atoms with Crippen LogP contribution in [0.5, 0.6) is 11.5 Å². The Kier molecular flexibility index (Phi) is 5.89. The minimum absolute atomic E-state index is 0.0871. The number of amides is 1. The molecule has 2 rings (SSSR count). The van der Waals surface area contributed by atoms with E-state index >= 15 is 0 Å². The molecule has 1 saturated heterocycles. The topological polar surface area (TPSA) is 86.8 Å². The Balaban J connectivity index is 0.000000200. The first-order valence-corrected chi connectivity index (χ1v) is 6.21. The Labute approximate surface area is 113 Å². The lowest BCUT2D eigenvalue weighted by molar-refractivity contribution is -0.125. The number of carbonyl (C=O) groups excluding carboxylic acids is 1. The highest BCUT2D eigenvalue weighted by Crippen LogP contribution is 2.24. The first-order valence-electron chi connectivity index (χ1n) is 6.21. The quantitative estimate of drug-likeness (QED) is 0.719. The zero-order chi connectivity index (χ0) is 14.3. The number of likely N-dealkylation sites (tertiary alicyclic amines) is 1. The fourth-order valence-corrected chi connectivity index (χ4v) is 1.75. The summed E-state index contributed by atoms with van der Waals surface area (Å²) in [5, 5.41) is 18.0. The first-order chi connectivity index (χ1) is 9.08. The van der Waals surface area contributed by atoms with Crippen molar-refractivity contribution in [1.82, 2.24) is 4.90 Å². The number of hydrogen-bond donors (Lipinski definition) is 3. The Morgan fingerprint density at radius 2 is 2.11 bits per heavy atom. The zero-order valence-electron chi connectivity index (χ0n) is 10.9. The molecule has 19 heavy (non-hydrogen) atoms. The molecular weight excluding hydrogens is 244 g/mol. The van der Waals surface area contributed by atoms with Crippen LogP contribution in [-0.2, 0) is 11.2 Å². The van der Waals surface area contributed by atoms with Crippen molar-refractivity contribution in [2.45, 2.75) is 19.3 Å². The minimum atomic E-state index is -0.0919. The van der Waals surface area contributed by atoms with Crippen molar-refractivity contribution in [2.75, 3.05) is 13.1 Å². The van der Waals surface area contributed by atoms with E-state index in [9.17, 15) is 4.79 Å². The summed E-state index contributed by atoms with van der Waals surface area (Å²) in [4.78, 5) is 12.3. The maximum atomic E-state index is 10.7. The molecule has 0 atom stereocenters. The van der Waals surface area contributed by atoms with Crippen LogP contribution in [0.15, 0.2) is 31.0 Å². The molecule has 5 nitrogen and oxygen atoms in total. The fourth-order valence-electron chi connectivity index (χ4n) is 1.75. The van der Waals surface area contributed by atoms with Crippen LogP contribution in [0.25, 0.3) is 0 Å². The Bertz CT molecular complexity index is 446. The number of rotatable bonds is 3. The van der Waals surface area contributed by atoms with Crippen molar-refractivity contribution in [1.29, 1.82) is 0 Å². The average molecular weight is 264 g/mol. The Morgan fingerprint density at radius 3 is 2.53 bits per heavy atom. The monoisotopic (exact) mass is 264 g/mol. The van der Waals surface area contributed by atoms with Crippen LogP contribution in [-0.4, -0.2) is 34.1 Å². The van der Waals surface area contributed by atoms with E-state index in [1.54, 1.807) is 17.2 Å². The SMILES string of the molecule is C=CN1CCCC1=O.NCCc1ccc(O)c(O)c1. The van der Waals surface area contributed by atoms with Gasteiger partial charge in [0, 0.05) is 13.0 Å². The molecule has 1 aromatic carbocycles. The lowest BCUT2D eigenvalue weighted by Crippen LogP contribution is -2.16. The van der Waals surface area contributed by atoms with Crippen LogP contribution >= 0.6 is 0 Å². The van der Waals surface area contributed by atoms with Gasteiger partial charge in [-0.3, -0.25) is 4.79 Å². The van der Waals surface area contributed by atoms with Crippen molar-refractivity contribution in [3.63, 3.8) is 0 Å². The van der Waals surface area contributed by atoms with Crippen molar-refractivity contribution < 1.29 is 15.0 Å². The molecule has 0 aromatic heterocycles. The van der Waals surface area contributed by atoms with Gasteiger partial charge in [0.2, 0.25) is 5.91 Å². The van der Waals surface area contributed by atoms with Crippen LogP contribution in [0.3, 0.4) is 0 Å². The van der Waals surface area contributed by atoms with Crippen LogP contribution in [0.1, 0.15) is 18.4 Å². The molecule has 0 saturated carbocycles. The molecule has 1 amide bonds. The van der Waals surface area contributed by atoms with Gasteiger partial charge in [-0.15, -0.1) is 0 Å². The largest absolute Gasteiger partial charge is 0.504 e. The summed E-state index contributed by atoms with van der Waals surface area (Å²) < 4.78 is 0. The molecule has 0 bridgehead atoms. The standard InChI is InChI=1S/C8H11NO2.C6H9NO/c9-4-3-6-1-2-7(10)8(11)5-6;1-2-7-5-3-4-6(7)8/h1-2,5,10-11H,3-4,9H2;2H,1,3-5H2. The van der Waals surface area contributed by atoms with Crippen LogP contribution in [0.4, 0.5) is 0 Å². The Hall–Kier alpha value is -2.01. The predicted molar refractivity (Wildman–Crippen MR) is 73.7 cm³/mol. The third-order valence-electron chi connectivity index (χ3n) is 2.80. The smallest absolute Gasteiger partial charge is 0.226 e. The lowest BCUT2D eigenvalue weighted by Gasteiger charge is -2.05. The van der Waals surface area contributed by atoms with Crippen LogP contribution in [0.2, 0.25) is 0 Å². The van der Waals surface area contributed by atoms with E-state index in [-0.39, 0.29) is 17.4 Å². The number of benzene rings is 1. The summed E-state index contributed by atoms with van der Waals surface area (Å²) in [6.07, 6.45) is 4.00. The lowest BCUT2D eigenvalue weighted by atomic mass is 10.1. The van der Waals surface area contributed by atoms with E-state index < -0.39 is 0 Å². The van der Waals surface area contributed by atoms with Gasteiger partial charge < -0.3 is 20.8 Å². The van der Waals surface area contributed by atoms with E-state index in [2.05, 4.69) is 6.58 Å². The minimum Gasteiger partial charge on any atom is -0.504 e. The summed E-state index contributed by atoms with van der Waals surface area (Å²) in [6.45, 7) is 4.91. The molecule has 1 aliphatic rings. The highest BCUT2D eigenvalue weighted by atomic mass is 16.3. The molecule has 0 unspecified atom stereocenters. The number of phenolic OH excluding ortho intramolecular Hbond substituents is 2. The second-order valence-electron chi connectivity index (χ2n) is 4.24. The molecule has 0 radical (unpaired) electrons. The third-order valence-corrected chi connectivity index (χ3v) is 2.80. The van der Waals surface area contributed by atoms with Crippen molar-refractivity contribution in [3.05, 3.63) is 36.5 Å². The number of aromatic hydroxyl groups is 2. The van der Waals surface area contributed by atoms with Gasteiger partial charge in [0.15, 0.2) is 11.5 Å². The predicted octanol–water partition coefficient (Wildman–Crippen LogP) is 1.35. The Morgan fingerprint density at radius 1 is 1.37 bits per heavy atom. The number of carbonyl (C=O) groups is 1. The maximum Gasteiger partial charge on any atom is 0.226 e. The summed E-state index contributed by atoms with van der Waals surface area (Å²) in [5.41, 5.74) is 6.24. The van der Waals surface area contributed by atoms with Crippen LogP contribution < -0.4 is 5.73 Å². The molecular formula is C14H20N2O3. The van der Waals surface area contributed by atoms with Gasteiger partial charge in [0.25, 0.3) is 0 Å². The summed E-state index contributed by atoms with van der Waals surface area (Å²) >= 11 is 0. The molecule has 104 valence electrons. The van der Waals surface area contributed by atoms with Gasteiger partial charge in [-0.2, -0.15) is 0 Å². The summed E-state index contributed by atoms with van der Waals surface area (Å²) in [6, 6.07) is 4.71. The van der Waals surface area contributed by atoms with E-state index in [0.717, 1.165) is 18.5 Å². The fraction of sp³-hybridized carbons (Fsp3) is 0.357. The third kappa shape index (κ3) is 4.63. The number of phenols is 2. The summed E-state index contributed by atoms with van der Waals surface area (Å²) in [5.74, 6) is 0.0294.